The molecule has 0 aliphatic carbocycles. The lowest BCUT2D eigenvalue weighted by atomic mass is 10.2. The quantitative estimate of drug-likeness (QED) is 0.875. The second-order valence-electron chi connectivity index (χ2n) is 3.26. The average Bonchev–Trinajstić information content (AvgIpc) is 2.76. The van der Waals surface area contributed by atoms with Gasteiger partial charge in [0.15, 0.2) is 5.69 Å². The first-order chi connectivity index (χ1) is 8.16. The van der Waals surface area contributed by atoms with Gasteiger partial charge in [0.25, 0.3) is 0 Å². The molecule has 0 amide bonds. The number of carbonyl (C=O) groups is 1. The molecule has 0 unspecified atom stereocenters. The molecule has 17 heavy (non-hydrogen) atoms. The number of aromatic carboxylic acids is 1. The Morgan fingerprint density at radius 2 is 2.00 bits per heavy atom. The molecule has 0 spiro atoms. The van der Waals surface area contributed by atoms with Crippen LogP contribution in [0.4, 0.5) is 0 Å². The van der Waals surface area contributed by atoms with Crippen LogP contribution in [-0.2, 0) is 0 Å². The van der Waals surface area contributed by atoms with E-state index in [1.165, 1.54) is 0 Å². The third-order valence-electron chi connectivity index (χ3n) is 2.09. The van der Waals surface area contributed by atoms with Gasteiger partial charge < -0.3 is 5.11 Å². The van der Waals surface area contributed by atoms with Crippen molar-refractivity contribution in [1.29, 1.82) is 0 Å². The first-order valence-electron chi connectivity index (χ1n) is 4.75. The van der Waals surface area contributed by atoms with Crippen molar-refractivity contribution in [2.24, 2.45) is 0 Å². The van der Waals surface area contributed by atoms with Gasteiger partial charge in [-0.1, -0.05) is 35.0 Å². The van der Waals surface area contributed by atoms with Gasteiger partial charge >= 0.3 is 5.97 Å². The Bertz CT molecular complexity index is 560. The molecule has 2 rings (SSSR count). The molecule has 0 atom stereocenters. The van der Waals surface area contributed by atoms with E-state index in [1.807, 2.05) is 12.1 Å². The molecule has 5 nitrogen and oxygen atoms in total. The maximum Gasteiger partial charge on any atom is 0.358 e. The van der Waals surface area contributed by atoms with E-state index in [2.05, 4.69) is 15.4 Å². The van der Waals surface area contributed by atoms with Gasteiger partial charge in [0.1, 0.15) is 0 Å². The predicted octanol–water partition coefficient (Wildman–Crippen LogP) is 2.33. The van der Waals surface area contributed by atoms with E-state index in [0.29, 0.717) is 10.7 Å². The Morgan fingerprint density at radius 1 is 1.29 bits per heavy atom. The number of nitrogens with zero attached hydrogens (tertiary/aromatic N) is 2. The molecule has 0 radical (unpaired) electrons. The number of carboxylic acid groups (broad SMARTS) is 1. The lowest BCUT2D eigenvalue weighted by molar-refractivity contribution is 0.0690. The number of aromatic amines is 1. The van der Waals surface area contributed by atoms with Gasteiger partial charge in [-0.15, -0.1) is 5.10 Å². The summed E-state index contributed by atoms with van der Waals surface area (Å²) in [5.41, 5.74) is 1.16. The molecule has 1 aromatic carbocycles. The number of halogens is 1. The number of aromatic nitrogens is 3. The highest BCUT2D eigenvalue weighted by Gasteiger charge is 2.11. The van der Waals surface area contributed by atoms with Gasteiger partial charge in [0.2, 0.25) is 0 Å². The lowest BCUT2D eigenvalue weighted by Gasteiger charge is -1.93. The van der Waals surface area contributed by atoms with Gasteiger partial charge in [-0.25, -0.2) is 4.79 Å². The van der Waals surface area contributed by atoms with Crippen molar-refractivity contribution in [3.8, 4) is 0 Å². The SMILES string of the molecule is O=C(O)c1nn[nH]c1/C=C/c1ccc(Cl)cc1. The zero-order valence-electron chi connectivity index (χ0n) is 8.59. The first kappa shape index (κ1) is 11.3. The fourth-order valence-corrected chi connectivity index (χ4v) is 1.39. The fraction of sp³-hybridized carbons (Fsp3) is 0. The molecule has 0 aliphatic heterocycles. The summed E-state index contributed by atoms with van der Waals surface area (Å²) >= 11 is 5.75. The van der Waals surface area contributed by atoms with Gasteiger partial charge in [0, 0.05) is 5.02 Å². The molecule has 0 saturated carbocycles. The van der Waals surface area contributed by atoms with Crippen LogP contribution in [0.1, 0.15) is 21.7 Å². The van der Waals surface area contributed by atoms with E-state index >= 15 is 0 Å². The van der Waals surface area contributed by atoms with Crippen LogP contribution in [0, 0.1) is 0 Å². The predicted molar refractivity (Wildman–Crippen MR) is 63.7 cm³/mol. The number of hydrogen-bond donors (Lipinski definition) is 2. The summed E-state index contributed by atoms with van der Waals surface area (Å²) in [5.74, 6) is -1.12. The molecule has 2 N–H and O–H groups in total. The van der Waals surface area contributed by atoms with Crippen LogP contribution in [0.2, 0.25) is 5.02 Å². The molecule has 0 aliphatic rings. The van der Waals surface area contributed by atoms with Crippen molar-refractivity contribution in [1.82, 2.24) is 15.4 Å². The first-order valence-corrected chi connectivity index (χ1v) is 5.12. The van der Waals surface area contributed by atoms with Gasteiger partial charge in [0.05, 0.1) is 5.69 Å². The molecule has 6 heteroatoms. The van der Waals surface area contributed by atoms with Gasteiger partial charge in [-0.2, -0.15) is 0 Å². The number of H-pyrrole nitrogens is 1. The highest BCUT2D eigenvalue weighted by molar-refractivity contribution is 6.30. The molecule has 0 bridgehead atoms. The number of hydrogen-bond acceptors (Lipinski definition) is 3. The summed E-state index contributed by atoms with van der Waals surface area (Å²) < 4.78 is 0. The molecule has 0 saturated heterocycles. The highest BCUT2D eigenvalue weighted by atomic mass is 35.5. The number of carboxylic acids is 1. The molecule has 1 aromatic heterocycles. The van der Waals surface area contributed by atoms with Crippen LogP contribution in [0.15, 0.2) is 24.3 Å². The molecule has 0 fully saturated rings. The molecular formula is C11H8ClN3O2. The Labute approximate surface area is 102 Å². The number of nitrogens with one attached hydrogen (secondary N) is 1. The molecule has 2 aromatic rings. The monoisotopic (exact) mass is 249 g/mol. The Kier molecular flexibility index (Phi) is 3.20. The minimum atomic E-state index is -1.12. The van der Waals surface area contributed by atoms with E-state index in [1.54, 1.807) is 24.3 Å². The summed E-state index contributed by atoms with van der Waals surface area (Å²) in [6.45, 7) is 0. The third-order valence-corrected chi connectivity index (χ3v) is 2.34. The van der Waals surface area contributed by atoms with E-state index in [0.717, 1.165) is 5.56 Å². The fourth-order valence-electron chi connectivity index (χ4n) is 1.26. The summed E-state index contributed by atoms with van der Waals surface area (Å²) in [7, 11) is 0. The molecule has 1 heterocycles. The Hall–Kier alpha value is -2.14. The number of benzene rings is 1. The van der Waals surface area contributed by atoms with Gasteiger partial charge in [-0.05, 0) is 23.8 Å². The summed E-state index contributed by atoms with van der Waals surface area (Å²) in [4.78, 5) is 10.8. The molecule has 86 valence electrons. The lowest BCUT2D eigenvalue weighted by Crippen LogP contribution is -1.98. The van der Waals surface area contributed by atoms with Crippen LogP contribution in [0.5, 0.6) is 0 Å². The van der Waals surface area contributed by atoms with Crippen molar-refractivity contribution in [2.75, 3.05) is 0 Å². The highest BCUT2D eigenvalue weighted by Crippen LogP contribution is 2.12. The van der Waals surface area contributed by atoms with E-state index in [9.17, 15) is 4.79 Å². The smallest absolute Gasteiger partial charge is 0.358 e. The van der Waals surface area contributed by atoms with Crippen LogP contribution < -0.4 is 0 Å². The normalized spacial score (nSPS) is 10.9. The van der Waals surface area contributed by atoms with Crippen LogP contribution in [0.25, 0.3) is 12.2 Å². The number of rotatable bonds is 3. The van der Waals surface area contributed by atoms with Crippen molar-refractivity contribution in [2.45, 2.75) is 0 Å². The zero-order chi connectivity index (χ0) is 12.3. The largest absolute Gasteiger partial charge is 0.476 e. The Morgan fingerprint density at radius 3 is 2.65 bits per heavy atom. The van der Waals surface area contributed by atoms with E-state index in [-0.39, 0.29) is 5.69 Å². The summed E-state index contributed by atoms with van der Waals surface area (Å²) in [6.07, 6.45) is 3.35. The maximum atomic E-state index is 10.8. The minimum Gasteiger partial charge on any atom is -0.476 e. The van der Waals surface area contributed by atoms with Crippen molar-refractivity contribution < 1.29 is 9.90 Å². The van der Waals surface area contributed by atoms with Crippen LogP contribution in [0.3, 0.4) is 0 Å². The standard InChI is InChI=1S/C11H8ClN3O2/c12-8-4-1-7(2-5-8)3-6-9-10(11(16)17)14-15-13-9/h1-6H,(H,16,17)(H,13,14,15)/b6-3+. The maximum absolute atomic E-state index is 10.8. The second kappa shape index (κ2) is 4.80. The van der Waals surface area contributed by atoms with E-state index in [4.69, 9.17) is 16.7 Å². The average molecular weight is 250 g/mol. The van der Waals surface area contributed by atoms with E-state index < -0.39 is 5.97 Å². The molecular weight excluding hydrogens is 242 g/mol. The van der Waals surface area contributed by atoms with Crippen molar-refractivity contribution in [3.63, 3.8) is 0 Å². The Balaban J connectivity index is 2.23. The van der Waals surface area contributed by atoms with Crippen molar-refractivity contribution in [3.05, 3.63) is 46.2 Å². The second-order valence-corrected chi connectivity index (χ2v) is 3.70. The summed E-state index contributed by atoms with van der Waals surface area (Å²) in [6, 6.07) is 7.15. The van der Waals surface area contributed by atoms with Crippen molar-refractivity contribution >= 4 is 29.7 Å². The zero-order valence-corrected chi connectivity index (χ0v) is 9.35. The van der Waals surface area contributed by atoms with Crippen LogP contribution >= 0.6 is 11.6 Å². The topological polar surface area (TPSA) is 78.9 Å². The van der Waals surface area contributed by atoms with Gasteiger partial charge in [-0.3, -0.25) is 5.10 Å². The summed E-state index contributed by atoms with van der Waals surface area (Å²) in [5, 5.41) is 18.9. The third kappa shape index (κ3) is 2.70. The minimum absolute atomic E-state index is 0.102. The van der Waals surface area contributed by atoms with Crippen LogP contribution in [-0.4, -0.2) is 26.5 Å².